The molecule has 0 unspecified atom stereocenters. The maximum absolute atomic E-state index is 13.2. The van der Waals surface area contributed by atoms with Crippen LogP contribution in [-0.2, 0) is 0 Å². The second-order valence-electron chi connectivity index (χ2n) is 2.96. The van der Waals surface area contributed by atoms with Gasteiger partial charge in [0, 0.05) is 19.7 Å². The lowest BCUT2D eigenvalue weighted by atomic mass is 10.2. The van der Waals surface area contributed by atoms with Crippen molar-refractivity contribution in [3.63, 3.8) is 0 Å². The molecule has 5 heteroatoms. The zero-order valence-electron chi connectivity index (χ0n) is 7.95. The summed E-state index contributed by atoms with van der Waals surface area (Å²) in [5.74, 6) is -0.692. The molecule has 0 saturated carbocycles. The van der Waals surface area contributed by atoms with Crippen LogP contribution < -0.4 is 5.14 Å². The Bertz CT molecular complexity index is 355. The van der Waals surface area contributed by atoms with Crippen LogP contribution in [0.2, 0.25) is 0 Å². The summed E-state index contributed by atoms with van der Waals surface area (Å²) in [6.45, 7) is 0. The summed E-state index contributed by atoms with van der Waals surface area (Å²) in [5, 5.41) is 5.22. The Kier molecular flexibility index (Phi) is 3.49. The Morgan fingerprint density at radius 3 is 2.57 bits per heavy atom. The molecule has 1 amide bonds. The minimum absolute atomic E-state index is 0.225. The number of carbonyl (C=O) groups is 1. The molecule has 0 fully saturated rings. The van der Waals surface area contributed by atoms with Crippen molar-refractivity contribution in [1.82, 2.24) is 4.90 Å². The Morgan fingerprint density at radius 1 is 1.50 bits per heavy atom. The number of hydrogen-bond acceptors (Lipinski definition) is 3. The normalized spacial score (nSPS) is 10.0. The predicted molar refractivity (Wildman–Crippen MR) is 54.5 cm³/mol. The number of carbonyl (C=O) groups excluding carboxylic acids is 1. The topological polar surface area (TPSA) is 46.3 Å². The summed E-state index contributed by atoms with van der Waals surface area (Å²) in [5.41, 5.74) is 0.324. The second-order valence-corrected chi connectivity index (χ2v) is 3.64. The third kappa shape index (κ3) is 2.24. The number of hydrogen-bond donors (Lipinski definition) is 1. The van der Waals surface area contributed by atoms with Gasteiger partial charge in [0.15, 0.2) is 0 Å². The van der Waals surface area contributed by atoms with Crippen LogP contribution in [0.4, 0.5) is 4.39 Å². The van der Waals surface area contributed by atoms with Crippen LogP contribution in [0.1, 0.15) is 10.4 Å². The number of benzene rings is 1. The number of nitrogens with zero attached hydrogens (tertiary/aromatic N) is 1. The van der Waals surface area contributed by atoms with Gasteiger partial charge >= 0.3 is 0 Å². The van der Waals surface area contributed by atoms with Gasteiger partial charge in [-0.15, -0.1) is 0 Å². The highest BCUT2D eigenvalue weighted by molar-refractivity contribution is 7.97. The third-order valence-corrected chi connectivity index (χ3v) is 2.30. The van der Waals surface area contributed by atoms with E-state index >= 15 is 0 Å². The highest BCUT2D eigenvalue weighted by Crippen LogP contribution is 2.18. The van der Waals surface area contributed by atoms with Gasteiger partial charge in [-0.25, -0.2) is 4.39 Å². The van der Waals surface area contributed by atoms with Crippen LogP contribution in [0, 0.1) is 5.82 Å². The van der Waals surface area contributed by atoms with Crippen molar-refractivity contribution in [3.8, 4) is 0 Å². The molecule has 76 valence electrons. The van der Waals surface area contributed by atoms with Crippen molar-refractivity contribution in [2.45, 2.75) is 4.90 Å². The molecule has 0 saturated heterocycles. The van der Waals surface area contributed by atoms with Gasteiger partial charge in [0.25, 0.3) is 5.91 Å². The van der Waals surface area contributed by atoms with Gasteiger partial charge in [-0.3, -0.25) is 9.93 Å². The van der Waals surface area contributed by atoms with Crippen molar-refractivity contribution in [2.24, 2.45) is 5.14 Å². The zero-order chi connectivity index (χ0) is 10.7. The highest BCUT2D eigenvalue weighted by atomic mass is 32.2. The summed E-state index contributed by atoms with van der Waals surface area (Å²) in [6, 6.07) is 4.24. The predicted octanol–water partition coefficient (Wildman–Crippen LogP) is 1.49. The molecule has 0 aliphatic carbocycles. The summed E-state index contributed by atoms with van der Waals surface area (Å²) >= 11 is 0.824. The van der Waals surface area contributed by atoms with Gasteiger partial charge in [-0.1, -0.05) is 0 Å². The van der Waals surface area contributed by atoms with Crippen molar-refractivity contribution >= 4 is 17.9 Å². The van der Waals surface area contributed by atoms with Gasteiger partial charge in [0.05, 0.1) is 4.90 Å². The zero-order valence-corrected chi connectivity index (χ0v) is 8.77. The van der Waals surface area contributed by atoms with E-state index in [1.165, 1.54) is 17.0 Å². The quantitative estimate of drug-likeness (QED) is 0.759. The molecule has 0 radical (unpaired) electrons. The minimum Gasteiger partial charge on any atom is -0.345 e. The van der Waals surface area contributed by atoms with E-state index in [2.05, 4.69) is 0 Å². The molecule has 0 heterocycles. The van der Waals surface area contributed by atoms with Crippen molar-refractivity contribution in [1.29, 1.82) is 0 Å². The lowest BCUT2D eigenvalue weighted by Gasteiger charge is -2.10. The Labute approximate surface area is 86.2 Å². The molecule has 2 N–H and O–H groups in total. The summed E-state index contributed by atoms with van der Waals surface area (Å²) < 4.78 is 13.2. The molecule has 14 heavy (non-hydrogen) atoms. The fourth-order valence-electron chi connectivity index (χ4n) is 0.988. The molecule has 1 rings (SSSR count). The number of nitrogens with two attached hydrogens (primary N) is 1. The van der Waals surface area contributed by atoms with Gasteiger partial charge in [-0.2, -0.15) is 0 Å². The Hall–Kier alpha value is -1.07. The lowest BCUT2D eigenvalue weighted by Crippen LogP contribution is -2.21. The van der Waals surface area contributed by atoms with Crippen LogP contribution in [0.15, 0.2) is 23.1 Å². The van der Waals surface area contributed by atoms with Crippen LogP contribution >= 0.6 is 11.9 Å². The standard InChI is InChI=1S/C9H11FN2OS/c1-12(2)9(13)6-3-4-8(14-11)7(10)5-6/h3-5H,11H2,1-2H3. The summed E-state index contributed by atoms with van der Waals surface area (Å²) in [4.78, 5) is 13.1. The van der Waals surface area contributed by atoms with E-state index in [0.29, 0.717) is 10.5 Å². The maximum Gasteiger partial charge on any atom is 0.253 e. The van der Waals surface area contributed by atoms with Crippen LogP contribution in [0.5, 0.6) is 0 Å². The first-order chi connectivity index (χ1) is 6.56. The van der Waals surface area contributed by atoms with Crippen molar-refractivity contribution in [2.75, 3.05) is 14.1 Å². The van der Waals surface area contributed by atoms with Gasteiger partial charge < -0.3 is 4.90 Å². The largest absolute Gasteiger partial charge is 0.345 e. The van der Waals surface area contributed by atoms with Crippen molar-refractivity contribution in [3.05, 3.63) is 29.6 Å². The number of amides is 1. The van der Waals surface area contributed by atoms with Gasteiger partial charge in [0.1, 0.15) is 5.82 Å². The van der Waals surface area contributed by atoms with E-state index in [1.807, 2.05) is 0 Å². The van der Waals surface area contributed by atoms with E-state index in [0.717, 1.165) is 11.9 Å². The molecule has 0 atom stereocenters. The minimum atomic E-state index is -0.467. The average Bonchev–Trinajstić information content (AvgIpc) is 2.16. The molecular weight excluding hydrogens is 203 g/mol. The Morgan fingerprint density at radius 2 is 2.14 bits per heavy atom. The number of halogens is 1. The lowest BCUT2D eigenvalue weighted by molar-refractivity contribution is 0.0827. The van der Waals surface area contributed by atoms with E-state index in [-0.39, 0.29) is 5.91 Å². The molecule has 0 aromatic heterocycles. The second kappa shape index (κ2) is 4.43. The smallest absolute Gasteiger partial charge is 0.253 e. The Balaban J connectivity index is 3.03. The molecule has 0 aliphatic rings. The van der Waals surface area contributed by atoms with Gasteiger partial charge in [0.2, 0.25) is 0 Å². The van der Waals surface area contributed by atoms with Gasteiger partial charge in [-0.05, 0) is 30.1 Å². The highest BCUT2D eigenvalue weighted by Gasteiger charge is 2.10. The molecule has 1 aromatic rings. The van der Waals surface area contributed by atoms with Crippen LogP contribution in [0.3, 0.4) is 0 Å². The monoisotopic (exact) mass is 214 g/mol. The summed E-state index contributed by atoms with van der Waals surface area (Å²) in [6.07, 6.45) is 0. The fraction of sp³-hybridized carbons (Fsp3) is 0.222. The van der Waals surface area contributed by atoms with Crippen molar-refractivity contribution < 1.29 is 9.18 Å². The van der Waals surface area contributed by atoms with E-state index in [9.17, 15) is 9.18 Å². The third-order valence-electron chi connectivity index (χ3n) is 1.71. The average molecular weight is 214 g/mol. The van der Waals surface area contributed by atoms with E-state index in [4.69, 9.17) is 5.14 Å². The number of rotatable bonds is 2. The summed E-state index contributed by atoms with van der Waals surface area (Å²) in [7, 11) is 3.23. The SMILES string of the molecule is CN(C)C(=O)c1ccc(SN)c(F)c1. The molecule has 0 bridgehead atoms. The van der Waals surface area contributed by atoms with E-state index < -0.39 is 5.82 Å². The van der Waals surface area contributed by atoms with Crippen LogP contribution in [0.25, 0.3) is 0 Å². The molecule has 3 nitrogen and oxygen atoms in total. The first kappa shape index (κ1) is 11.0. The molecule has 0 spiro atoms. The fourth-order valence-corrected chi connectivity index (χ4v) is 1.31. The molecular formula is C9H11FN2OS. The first-order valence-electron chi connectivity index (χ1n) is 3.94. The van der Waals surface area contributed by atoms with E-state index in [1.54, 1.807) is 20.2 Å². The maximum atomic E-state index is 13.2. The first-order valence-corrected chi connectivity index (χ1v) is 4.82. The van der Waals surface area contributed by atoms with Crippen LogP contribution in [-0.4, -0.2) is 24.9 Å². The molecule has 0 aliphatic heterocycles. The molecule has 1 aromatic carbocycles.